The van der Waals surface area contributed by atoms with Crippen LogP contribution in [0, 0.1) is 5.41 Å². The van der Waals surface area contributed by atoms with Gasteiger partial charge < -0.3 is 20.1 Å². The van der Waals surface area contributed by atoms with E-state index < -0.39 is 11.6 Å². The van der Waals surface area contributed by atoms with E-state index >= 15 is 0 Å². The van der Waals surface area contributed by atoms with Crippen LogP contribution in [0.4, 0.5) is 4.79 Å². The van der Waals surface area contributed by atoms with Crippen molar-refractivity contribution < 1.29 is 14.6 Å². The summed E-state index contributed by atoms with van der Waals surface area (Å²) in [5, 5.41) is 16.1. The van der Waals surface area contributed by atoms with Crippen molar-refractivity contribution in [1.82, 2.24) is 10.3 Å². The number of hydrogen-bond donors (Lipinski definition) is 3. The topological polar surface area (TPSA) is 91.4 Å². The molecular formula is C25H25ClN2O4S. The molecule has 0 fully saturated rings. The molecular weight excluding hydrogens is 460 g/mol. The maximum absolute atomic E-state index is 12.6. The number of H-pyrrole nitrogens is 1. The molecule has 2 aromatic carbocycles. The molecule has 2 heterocycles. The van der Waals surface area contributed by atoms with E-state index in [4.69, 9.17) is 16.3 Å². The molecule has 1 atom stereocenters. The average molecular weight is 485 g/mol. The van der Waals surface area contributed by atoms with Crippen LogP contribution in [0.15, 0.2) is 46.6 Å². The zero-order valence-electron chi connectivity index (χ0n) is 19.0. The molecule has 0 saturated heterocycles. The van der Waals surface area contributed by atoms with Crippen molar-refractivity contribution in [3.8, 4) is 16.9 Å². The first-order valence-electron chi connectivity index (χ1n) is 10.4. The van der Waals surface area contributed by atoms with Crippen LogP contribution < -0.4 is 15.6 Å². The molecule has 0 bridgehead atoms. The fourth-order valence-electron chi connectivity index (χ4n) is 4.20. The van der Waals surface area contributed by atoms with Gasteiger partial charge >= 0.3 is 6.09 Å². The quantitative estimate of drug-likeness (QED) is 0.304. The Morgan fingerprint density at radius 1 is 1.15 bits per heavy atom. The van der Waals surface area contributed by atoms with Gasteiger partial charge in [-0.2, -0.15) is 0 Å². The fourth-order valence-corrected chi connectivity index (χ4v) is 5.23. The number of hydrogen-bond acceptors (Lipinski definition) is 4. The molecule has 3 N–H and O–H groups in total. The summed E-state index contributed by atoms with van der Waals surface area (Å²) in [6, 6.07) is 11.3. The largest absolute Gasteiger partial charge is 0.496 e. The number of aromatic amines is 1. The van der Waals surface area contributed by atoms with E-state index in [1.807, 2.05) is 63.4 Å². The number of amides is 1. The van der Waals surface area contributed by atoms with Crippen LogP contribution in [0.25, 0.3) is 32.1 Å². The summed E-state index contributed by atoms with van der Waals surface area (Å²) in [5.41, 5.74) is 1.71. The van der Waals surface area contributed by atoms with E-state index in [9.17, 15) is 14.7 Å². The first kappa shape index (κ1) is 23.1. The SMILES string of the molecule is COc1cc(Cl)c2[nH]c(=O)c3sccc3c2c1-c1ccc(C(C)(NC(=O)O)C(C)(C)C)cc1. The van der Waals surface area contributed by atoms with Crippen molar-refractivity contribution >= 4 is 50.0 Å². The first-order chi connectivity index (χ1) is 15.5. The molecule has 6 nitrogen and oxygen atoms in total. The Hall–Kier alpha value is -3.03. The first-order valence-corrected chi connectivity index (χ1v) is 11.7. The van der Waals surface area contributed by atoms with Gasteiger partial charge in [0.15, 0.2) is 0 Å². The lowest BCUT2D eigenvalue weighted by molar-refractivity contribution is 0.130. The third kappa shape index (κ3) is 3.75. The Bertz CT molecular complexity index is 1430. The van der Waals surface area contributed by atoms with Crippen LogP contribution in [-0.4, -0.2) is 23.3 Å². The Morgan fingerprint density at radius 2 is 1.82 bits per heavy atom. The molecule has 0 saturated carbocycles. The van der Waals surface area contributed by atoms with Gasteiger partial charge in [0.2, 0.25) is 0 Å². The van der Waals surface area contributed by atoms with Crippen LogP contribution in [0.5, 0.6) is 5.75 Å². The number of benzene rings is 2. The summed E-state index contributed by atoms with van der Waals surface area (Å²) in [5.74, 6) is 0.585. The second-order valence-corrected chi connectivity index (χ2v) is 10.5. The van der Waals surface area contributed by atoms with E-state index in [2.05, 4.69) is 10.3 Å². The summed E-state index contributed by atoms with van der Waals surface area (Å²) in [7, 11) is 1.58. The molecule has 0 aliphatic rings. The van der Waals surface area contributed by atoms with E-state index in [0.29, 0.717) is 21.0 Å². The monoisotopic (exact) mass is 484 g/mol. The van der Waals surface area contributed by atoms with Crippen molar-refractivity contribution in [3.05, 3.63) is 62.7 Å². The summed E-state index contributed by atoms with van der Waals surface area (Å²) in [4.78, 5) is 27.0. The highest BCUT2D eigenvalue weighted by Gasteiger charge is 2.40. The number of thiophene rings is 1. The molecule has 4 aromatic rings. The summed E-state index contributed by atoms with van der Waals surface area (Å²) in [6.07, 6.45) is -1.08. The number of carbonyl (C=O) groups is 1. The van der Waals surface area contributed by atoms with Crippen LogP contribution in [0.2, 0.25) is 5.02 Å². The number of nitrogens with one attached hydrogen (secondary N) is 2. The third-order valence-corrected chi connectivity index (χ3v) is 7.66. The second kappa shape index (κ2) is 8.08. The fraction of sp³-hybridized carbons (Fsp3) is 0.280. The van der Waals surface area contributed by atoms with Crippen LogP contribution in [0.3, 0.4) is 0 Å². The summed E-state index contributed by atoms with van der Waals surface area (Å²) in [6.45, 7) is 7.87. The molecule has 0 radical (unpaired) electrons. The maximum Gasteiger partial charge on any atom is 0.405 e. The van der Waals surface area contributed by atoms with Crippen molar-refractivity contribution in [2.24, 2.45) is 5.41 Å². The minimum atomic E-state index is -1.08. The normalized spacial score (nSPS) is 13.8. The van der Waals surface area contributed by atoms with Crippen molar-refractivity contribution in [1.29, 1.82) is 0 Å². The molecule has 1 unspecified atom stereocenters. The van der Waals surface area contributed by atoms with E-state index in [1.165, 1.54) is 11.3 Å². The van der Waals surface area contributed by atoms with E-state index in [-0.39, 0.29) is 11.0 Å². The number of carboxylic acid groups (broad SMARTS) is 1. The van der Waals surface area contributed by atoms with Crippen LogP contribution in [-0.2, 0) is 5.54 Å². The zero-order valence-corrected chi connectivity index (χ0v) is 20.6. The molecule has 4 rings (SSSR count). The lowest BCUT2D eigenvalue weighted by Crippen LogP contribution is -2.51. The number of rotatable bonds is 4. The Kier molecular flexibility index (Phi) is 5.66. The maximum atomic E-state index is 12.6. The third-order valence-electron chi connectivity index (χ3n) is 6.45. The van der Waals surface area contributed by atoms with Crippen molar-refractivity contribution in [2.45, 2.75) is 33.2 Å². The van der Waals surface area contributed by atoms with Crippen LogP contribution in [0.1, 0.15) is 33.3 Å². The lowest BCUT2D eigenvalue weighted by atomic mass is 9.70. The summed E-state index contributed by atoms with van der Waals surface area (Å²) >= 11 is 7.89. The van der Waals surface area contributed by atoms with Gasteiger partial charge in [-0.15, -0.1) is 11.3 Å². The van der Waals surface area contributed by atoms with Gasteiger partial charge in [-0.3, -0.25) is 4.79 Å². The van der Waals surface area contributed by atoms with E-state index in [1.54, 1.807) is 13.2 Å². The van der Waals surface area contributed by atoms with Crippen molar-refractivity contribution in [3.63, 3.8) is 0 Å². The Balaban J connectivity index is 1.98. The summed E-state index contributed by atoms with van der Waals surface area (Å²) < 4.78 is 6.31. The number of methoxy groups -OCH3 is 1. The van der Waals surface area contributed by atoms with E-state index in [0.717, 1.165) is 27.5 Å². The van der Waals surface area contributed by atoms with Gasteiger partial charge in [0.1, 0.15) is 10.4 Å². The number of aromatic nitrogens is 1. The highest BCUT2D eigenvalue weighted by Crippen LogP contribution is 2.44. The van der Waals surface area contributed by atoms with Gasteiger partial charge in [-0.1, -0.05) is 56.6 Å². The number of halogens is 1. The van der Waals surface area contributed by atoms with Gasteiger partial charge in [0.25, 0.3) is 5.56 Å². The number of pyridine rings is 1. The number of ether oxygens (including phenoxy) is 1. The Labute approximate surface area is 200 Å². The molecule has 33 heavy (non-hydrogen) atoms. The molecule has 2 aromatic heterocycles. The minimum Gasteiger partial charge on any atom is -0.496 e. The smallest absolute Gasteiger partial charge is 0.405 e. The minimum absolute atomic E-state index is 0.179. The average Bonchev–Trinajstić information content (AvgIpc) is 3.24. The Morgan fingerprint density at radius 3 is 2.39 bits per heavy atom. The number of fused-ring (bicyclic) bond motifs is 3. The van der Waals surface area contributed by atoms with Crippen molar-refractivity contribution in [2.75, 3.05) is 7.11 Å². The predicted octanol–water partition coefficient (Wildman–Crippen LogP) is 6.60. The van der Waals surface area contributed by atoms with Gasteiger partial charge in [0.05, 0.1) is 23.2 Å². The highest BCUT2D eigenvalue weighted by molar-refractivity contribution is 7.17. The molecule has 0 spiro atoms. The molecule has 8 heteroatoms. The standard InChI is InChI=1S/C25H25ClN2O4S/c1-24(2,3)25(4,28-23(30)31)14-8-6-13(7-9-14)18-17(32-5)12-16(26)20-19(18)15-10-11-33-21(15)22(29)27-20/h6-12,28H,1-5H3,(H,27,29)(H,30,31). The van der Waals surface area contributed by atoms with Gasteiger partial charge in [0, 0.05) is 22.4 Å². The molecule has 0 aliphatic heterocycles. The van der Waals surface area contributed by atoms with Gasteiger partial charge in [-0.25, -0.2) is 4.79 Å². The lowest BCUT2D eigenvalue weighted by Gasteiger charge is -2.42. The molecule has 172 valence electrons. The zero-order chi connectivity index (χ0) is 24.1. The van der Waals surface area contributed by atoms with Gasteiger partial charge in [-0.05, 0) is 34.9 Å². The van der Waals surface area contributed by atoms with Crippen LogP contribution >= 0.6 is 22.9 Å². The molecule has 0 aliphatic carbocycles. The molecule has 1 amide bonds. The highest BCUT2D eigenvalue weighted by atomic mass is 35.5. The second-order valence-electron chi connectivity index (χ2n) is 9.19. The predicted molar refractivity (Wildman–Crippen MR) is 135 cm³/mol.